The van der Waals surface area contributed by atoms with Crippen LogP contribution in [0.4, 0.5) is 5.69 Å². The van der Waals surface area contributed by atoms with Crippen molar-refractivity contribution in [3.05, 3.63) is 83.8 Å². The molecule has 0 unspecified atom stereocenters. The van der Waals surface area contributed by atoms with E-state index in [1.807, 2.05) is 30.3 Å². The summed E-state index contributed by atoms with van der Waals surface area (Å²) in [5, 5.41) is 2.63. The summed E-state index contributed by atoms with van der Waals surface area (Å²) in [5.74, 6) is -0.212. The largest absolute Gasteiger partial charge is 0.486 e. The Morgan fingerprint density at radius 1 is 0.967 bits per heavy atom. The van der Waals surface area contributed by atoms with E-state index in [1.54, 1.807) is 30.3 Å². The van der Waals surface area contributed by atoms with E-state index in [1.165, 1.54) is 19.9 Å². The molecule has 0 spiro atoms. The van der Waals surface area contributed by atoms with Crippen LogP contribution in [-0.4, -0.2) is 23.8 Å². The van der Waals surface area contributed by atoms with Crippen molar-refractivity contribution in [2.24, 2.45) is 0 Å². The minimum Gasteiger partial charge on any atom is -0.486 e. The monoisotopic (exact) mass is 407 g/mol. The Bertz CT molecular complexity index is 1020. The van der Waals surface area contributed by atoms with E-state index in [4.69, 9.17) is 13.9 Å². The van der Waals surface area contributed by atoms with Crippen LogP contribution >= 0.6 is 0 Å². The molecule has 1 amide bonds. The molecular formula is C23H21NO6. The zero-order valence-electron chi connectivity index (χ0n) is 16.6. The Hall–Kier alpha value is -3.87. The van der Waals surface area contributed by atoms with Crippen LogP contribution in [0.25, 0.3) is 0 Å². The molecule has 0 saturated carbocycles. The molecule has 7 nitrogen and oxygen atoms in total. The van der Waals surface area contributed by atoms with Crippen LogP contribution < -0.4 is 10.1 Å². The molecule has 1 heterocycles. The molecule has 0 fully saturated rings. The Kier molecular flexibility index (Phi) is 6.64. The molecule has 154 valence electrons. The molecule has 2 aromatic carbocycles. The highest BCUT2D eigenvalue weighted by molar-refractivity contribution is 5.98. The fourth-order valence-corrected chi connectivity index (χ4v) is 2.54. The number of para-hydroxylation sites is 1. The van der Waals surface area contributed by atoms with Crippen molar-refractivity contribution in [3.8, 4) is 5.75 Å². The minimum absolute atomic E-state index is 0.0212. The van der Waals surface area contributed by atoms with Gasteiger partial charge in [0.05, 0.1) is 0 Å². The molecule has 0 aliphatic carbocycles. The normalized spacial score (nSPS) is 11.4. The fraction of sp³-hybridized carbons (Fsp3) is 0.174. The van der Waals surface area contributed by atoms with Gasteiger partial charge in [0.2, 0.25) is 5.76 Å². The second kappa shape index (κ2) is 9.56. The van der Waals surface area contributed by atoms with Crippen LogP contribution in [0.3, 0.4) is 0 Å². The Morgan fingerprint density at radius 3 is 2.33 bits per heavy atom. The third-order valence-electron chi connectivity index (χ3n) is 4.20. The first-order valence-electron chi connectivity index (χ1n) is 9.32. The zero-order valence-corrected chi connectivity index (χ0v) is 16.6. The highest BCUT2D eigenvalue weighted by Crippen LogP contribution is 2.16. The van der Waals surface area contributed by atoms with Gasteiger partial charge in [-0.3, -0.25) is 9.59 Å². The lowest BCUT2D eigenvalue weighted by atomic mass is 10.1. The molecule has 1 N–H and O–H groups in total. The summed E-state index contributed by atoms with van der Waals surface area (Å²) in [7, 11) is 0. The molecule has 3 aromatic rings. The number of rotatable bonds is 8. The molecule has 30 heavy (non-hydrogen) atoms. The molecule has 1 aromatic heterocycles. The first kappa shape index (κ1) is 20.9. The molecule has 0 aliphatic heterocycles. The van der Waals surface area contributed by atoms with Crippen molar-refractivity contribution in [3.63, 3.8) is 0 Å². The van der Waals surface area contributed by atoms with Gasteiger partial charge in [-0.25, -0.2) is 4.79 Å². The van der Waals surface area contributed by atoms with Crippen molar-refractivity contribution >= 4 is 23.3 Å². The topological polar surface area (TPSA) is 94.8 Å². The second-order valence-corrected chi connectivity index (χ2v) is 6.54. The lowest BCUT2D eigenvalue weighted by Crippen LogP contribution is -2.29. The number of esters is 1. The molecule has 3 rings (SSSR count). The van der Waals surface area contributed by atoms with E-state index in [2.05, 4.69) is 5.32 Å². The Labute approximate surface area is 173 Å². The average molecular weight is 407 g/mol. The van der Waals surface area contributed by atoms with Gasteiger partial charge in [0, 0.05) is 11.3 Å². The van der Waals surface area contributed by atoms with Gasteiger partial charge in [-0.05, 0) is 62.4 Å². The number of hydrogen-bond donors (Lipinski definition) is 1. The number of anilines is 1. The number of hydrogen-bond acceptors (Lipinski definition) is 6. The summed E-state index contributed by atoms with van der Waals surface area (Å²) in [6, 6.07) is 18.7. The summed E-state index contributed by atoms with van der Waals surface area (Å²) in [5.41, 5.74) is 1.03. The number of carbonyl (C=O) groups excluding carboxylic acids is 3. The summed E-state index contributed by atoms with van der Waals surface area (Å²) in [6.45, 7) is 3.08. The maximum absolute atomic E-state index is 12.3. The zero-order chi connectivity index (χ0) is 21.5. The van der Waals surface area contributed by atoms with E-state index in [0.717, 1.165) is 0 Å². The molecular weight excluding hydrogens is 386 g/mol. The number of nitrogens with one attached hydrogen (secondary N) is 1. The standard InChI is InChI=1S/C23H21NO6/c1-15(25)17-8-10-18(11-9-17)24-22(26)16(2)29-23(27)21-13-12-20(30-21)14-28-19-6-4-3-5-7-19/h3-13,16H,14H2,1-2H3,(H,24,26)/t16-/m0/s1. The van der Waals surface area contributed by atoms with Crippen LogP contribution in [-0.2, 0) is 16.1 Å². The fourth-order valence-electron chi connectivity index (χ4n) is 2.54. The number of ether oxygens (including phenoxy) is 2. The average Bonchev–Trinajstić information content (AvgIpc) is 3.22. The van der Waals surface area contributed by atoms with Crippen LogP contribution in [0, 0.1) is 0 Å². The Balaban J connectivity index is 1.51. The molecule has 0 aliphatic rings. The van der Waals surface area contributed by atoms with Crippen molar-refractivity contribution < 1.29 is 28.3 Å². The number of furan rings is 1. The number of benzene rings is 2. The van der Waals surface area contributed by atoms with E-state index in [-0.39, 0.29) is 18.2 Å². The van der Waals surface area contributed by atoms with Gasteiger partial charge in [-0.15, -0.1) is 0 Å². The number of amides is 1. The van der Waals surface area contributed by atoms with E-state index >= 15 is 0 Å². The van der Waals surface area contributed by atoms with Crippen LogP contribution in [0.1, 0.15) is 40.5 Å². The van der Waals surface area contributed by atoms with Crippen molar-refractivity contribution in [2.45, 2.75) is 26.6 Å². The van der Waals surface area contributed by atoms with Gasteiger partial charge in [0.15, 0.2) is 11.9 Å². The van der Waals surface area contributed by atoms with Crippen molar-refractivity contribution in [2.75, 3.05) is 5.32 Å². The summed E-state index contributed by atoms with van der Waals surface area (Å²) in [4.78, 5) is 35.8. The minimum atomic E-state index is -1.04. The Morgan fingerprint density at radius 2 is 1.67 bits per heavy atom. The first-order chi connectivity index (χ1) is 14.4. The number of carbonyl (C=O) groups is 3. The molecule has 0 radical (unpaired) electrons. The van der Waals surface area contributed by atoms with Gasteiger partial charge >= 0.3 is 5.97 Å². The van der Waals surface area contributed by atoms with Crippen molar-refractivity contribution in [1.82, 2.24) is 0 Å². The maximum atomic E-state index is 12.3. The summed E-state index contributed by atoms with van der Waals surface area (Å²) in [6.07, 6.45) is -1.04. The predicted octanol–water partition coefficient (Wildman–Crippen LogP) is 4.25. The quantitative estimate of drug-likeness (QED) is 0.443. The smallest absolute Gasteiger partial charge is 0.375 e. The predicted molar refractivity (Wildman–Crippen MR) is 109 cm³/mol. The van der Waals surface area contributed by atoms with E-state index < -0.39 is 18.0 Å². The van der Waals surface area contributed by atoms with Gasteiger partial charge in [0.1, 0.15) is 18.1 Å². The number of Topliss-reactive ketones (excluding diaryl/α,β-unsaturated/α-hetero) is 1. The van der Waals surface area contributed by atoms with Crippen LogP contribution in [0.15, 0.2) is 71.1 Å². The highest BCUT2D eigenvalue weighted by Gasteiger charge is 2.21. The third-order valence-corrected chi connectivity index (χ3v) is 4.20. The van der Waals surface area contributed by atoms with Crippen LogP contribution in [0.2, 0.25) is 0 Å². The highest BCUT2D eigenvalue weighted by atomic mass is 16.6. The second-order valence-electron chi connectivity index (χ2n) is 6.54. The molecule has 0 saturated heterocycles. The lowest BCUT2D eigenvalue weighted by molar-refractivity contribution is -0.123. The molecule has 1 atom stereocenters. The van der Waals surface area contributed by atoms with Crippen LogP contribution in [0.5, 0.6) is 5.75 Å². The van der Waals surface area contributed by atoms with Gasteiger partial charge in [-0.1, -0.05) is 18.2 Å². The number of ketones is 1. The summed E-state index contributed by atoms with van der Waals surface area (Å²) >= 11 is 0. The SMILES string of the molecule is CC(=O)c1ccc(NC(=O)[C@H](C)OC(=O)c2ccc(COc3ccccc3)o2)cc1. The first-order valence-corrected chi connectivity index (χ1v) is 9.32. The van der Waals surface area contributed by atoms with E-state index in [9.17, 15) is 14.4 Å². The maximum Gasteiger partial charge on any atom is 0.375 e. The third kappa shape index (κ3) is 5.57. The van der Waals surface area contributed by atoms with E-state index in [0.29, 0.717) is 22.8 Å². The lowest BCUT2D eigenvalue weighted by Gasteiger charge is -2.13. The van der Waals surface area contributed by atoms with Gasteiger partial charge < -0.3 is 19.2 Å². The molecule has 0 bridgehead atoms. The van der Waals surface area contributed by atoms with Gasteiger partial charge in [0.25, 0.3) is 5.91 Å². The summed E-state index contributed by atoms with van der Waals surface area (Å²) < 4.78 is 16.2. The molecule has 7 heteroatoms. The van der Waals surface area contributed by atoms with Gasteiger partial charge in [-0.2, -0.15) is 0 Å². The van der Waals surface area contributed by atoms with Crippen molar-refractivity contribution in [1.29, 1.82) is 0 Å².